The third-order valence-electron chi connectivity index (χ3n) is 23.0. The first-order valence-corrected chi connectivity index (χ1v) is 43.5. The summed E-state index contributed by atoms with van der Waals surface area (Å²) in [5, 5.41) is 45.7. The summed E-state index contributed by atoms with van der Waals surface area (Å²) >= 11 is 0. The van der Waals surface area contributed by atoms with Crippen LogP contribution in [-0.2, 0) is 45.9 Å². The van der Waals surface area contributed by atoms with Gasteiger partial charge in [-0.2, -0.15) is 25.5 Å². The maximum Gasteiger partial charge on any atom is 0.262 e. The van der Waals surface area contributed by atoms with Gasteiger partial charge < -0.3 is 60.1 Å². The number of para-hydroxylation sites is 2. The van der Waals surface area contributed by atoms with E-state index in [9.17, 15) is 47.1 Å². The van der Waals surface area contributed by atoms with E-state index in [1.54, 1.807) is 98.1 Å². The molecule has 33 nitrogen and oxygen atoms in total. The smallest absolute Gasteiger partial charge is 0.262 e. The van der Waals surface area contributed by atoms with Crippen LogP contribution in [0.4, 0.5) is 8.78 Å². The first-order valence-electron chi connectivity index (χ1n) is 43.5. The minimum Gasteiger partial charge on any atom is -0.489 e. The van der Waals surface area contributed by atoms with Gasteiger partial charge in [-0.3, -0.25) is 73.7 Å². The molecule has 0 saturated carbocycles. The van der Waals surface area contributed by atoms with Crippen LogP contribution in [0, 0.1) is 52.2 Å². The van der Waals surface area contributed by atoms with Gasteiger partial charge in [0.15, 0.2) is 11.6 Å². The van der Waals surface area contributed by atoms with Crippen molar-refractivity contribution in [3.63, 3.8) is 0 Å². The zero-order chi connectivity index (χ0) is 93.8. The summed E-state index contributed by atoms with van der Waals surface area (Å²) in [6.07, 6.45) is 12.0. The van der Waals surface area contributed by atoms with Crippen molar-refractivity contribution in [3.8, 4) is 11.5 Å². The number of hydrogen-bond acceptors (Lipinski definition) is 21. The number of nitrogens with one attached hydrogen (secondary N) is 6. The number of H-pyrrole nitrogens is 4. The second-order valence-corrected chi connectivity index (χ2v) is 32.3. The zero-order valence-electron chi connectivity index (χ0n) is 74.4. The van der Waals surface area contributed by atoms with Crippen molar-refractivity contribution >= 4 is 127 Å². The molecule has 1 unspecified atom stereocenters. The second kappa shape index (κ2) is 40.8. The predicted molar refractivity (Wildman–Crippen MR) is 510 cm³/mol. The van der Waals surface area contributed by atoms with Crippen molar-refractivity contribution < 1.29 is 32.6 Å². The van der Waals surface area contributed by atoms with Crippen molar-refractivity contribution in [2.45, 2.75) is 127 Å². The Morgan fingerprint density at radius 2 is 0.880 bits per heavy atom. The van der Waals surface area contributed by atoms with Crippen molar-refractivity contribution in [2.75, 3.05) is 26.2 Å². The molecule has 13 aromatic heterocycles. The van der Waals surface area contributed by atoms with Crippen LogP contribution in [0.15, 0.2) is 225 Å². The Kier molecular flexibility index (Phi) is 28.2. The predicted octanol–water partition coefficient (Wildman–Crippen LogP) is 12.6. The molecule has 0 aliphatic carbocycles. The highest BCUT2D eigenvalue weighted by atomic mass is 19.1. The van der Waals surface area contributed by atoms with Crippen molar-refractivity contribution in [2.24, 2.45) is 23.1 Å². The molecule has 12 N–H and O–H groups in total. The number of halogens is 2. The molecule has 0 bridgehead atoms. The van der Waals surface area contributed by atoms with Gasteiger partial charge >= 0.3 is 0 Å². The third-order valence-corrected chi connectivity index (χ3v) is 23.0. The SMILES string of the molecule is Cc1[nH]nc2c1c(=O)n(CCC(C)NC(=O)c1ccccc1)c1ccccc21.Cc1[nH]nc2c1c(=O)n(CCCNC(=O)c1ccc(F)cc1)c1cnccc21.Cc1[nH]nc2c1c(=O)n(CCN)c1cc(OCc3ccncc3)c(F)cc21.Cc1[nH]nc2c1c(=O)n(CCN)c1cc(OCc3ccncc3)ccc21.Cc1c2c(=O)n(CCCN)c3ccccc3c2nn1C(=O)C(C)C. The fourth-order valence-electron chi connectivity index (χ4n) is 16.2. The molecule has 13 heterocycles. The average molecular weight is 1800 g/mol. The number of carbonyl (C=O) groups is 3. The van der Waals surface area contributed by atoms with Crippen LogP contribution in [0.25, 0.3) is 109 Å². The number of benzene rings is 6. The number of aromatic amines is 4. The topological polar surface area (TPSA) is 453 Å². The number of amides is 2. The summed E-state index contributed by atoms with van der Waals surface area (Å²) in [6, 6.07) is 47.7. The molecule has 0 aliphatic rings. The minimum absolute atomic E-state index is 0.0541. The molecule has 0 saturated heterocycles. The maximum absolute atomic E-state index is 14.7. The molecule has 0 spiro atoms. The molecule has 1 atom stereocenters. The van der Waals surface area contributed by atoms with Crippen LogP contribution < -0.4 is 65.1 Å². The third kappa shape index (κ3) is 19.3. The lowest BCUT2D eigenvalue weighted by molar-refractivity contribution is 0.0836. The standard InChI is InChI=1S/C22H22N4O2.C20H18FN5O2.C19H18FN5O2.C19H19N5O2.C18H22N4O2/c1-14(23-21(27)16-8-4-3-5-9-16)12-13-26-18-11-7-6-10-17(18)20-19(22(26)28)15(2)24-25-20;1-12-17-18(25-24-12)15-7-9-22-11-16(15)26(20(17)28)10-2-8-23-19(27)13-3-5-14(21)6-4-13;1-11-17-18(24-23-11)13-8-14(20)16(27-10-12-2-5-22-6-3-12)9-15(13)25(7-4-21)19(17)26;1-12-17-18(23-22-12)15-3-2-14(26-11-13-4-7-21-8-5-13)10-16(15)24(9-6-20)19(17)25;1-11(2)17(23)22-12(3)15-16(20-22)13-7-4-5-8-14(13)21(18(15)24)10-6-9-19/h3-11,14H,12-13H2,1-2H3,(H,23,27)(H,24,25);3-7,9,11H,2,8,10H2,1H3,(H,23,27)(H,24,25);2-3,5-6,8-9H,4,7,10,21H2,1H3,(H,23,24);2-5,7-8,10H,6,9,11,20H2,1H3,(H,22,23);4-5,7-8,11H,6,9-10,19H2,1-3H3. The molecule has 35 heteroatoms. The van der Waals surface area contributed by atoms with E-state index >= 15 is 0 Å². The number of pyridine rings is 8. The van der Waals surface area contributed by atoms with Gasteiger partial charge in [-0.05, 0) is 176 Å². The van der Waals surface area contributed by atoms with Gasteiger partial charge in [0.05, 0.1) is 66.4 Å². The molecular weight excluding hydrogens is 1700 g/mol. The first-order chi connectivity index (χ1) is 64.4. The molecule has 19 rings (SSSR count). The van der Waals surface area contributed by atoms with Gasteiger partial charge in [-0.15, -0.1) is 0 Å². The van der Waals surface area contributed by atoms with Crippen molar-refractivity contribution in [1.82, 2.24) is 99.0 Å². The Morgan fingerprint density at radius 3 is 1.42 bits per heavy atom. The minimum atomic E-state index is -0.517. The largest absolute Gasteiger partial charge is 0.489 e. The summed E-state index contributed by atoms with van der Waals surface area (Å²) in [5.74, 6) is -0.837. The Balaban J connectivity index is 0.000000127. The van der Waals surface area contributed by atoms with Crippen LogP contribution in [-0.4, -0.2) is 138 Å². The highest BCUT2D eigenvalue weighted by Crippen LogP contribution is 2.33. The fraction of sp³-hybridized carbons (Fsp3) is 0.245. The van der Waals surface area contributed by atoms with E-state index in [0.717, 1.165) is 66.3 Å². The maximum atomic E-state index is 14.7. The van der Waals surface area contributed by atoms with E-state index < -0.39 is 5.82 Å². The molecule has 0 fully saturated rings. The Hall–Kier alpha value is -15.9. The molecule has 680 valence electrons. The highest BCUT2D eigenvalue weighted by molar-refractivity contribution is 6.09. The zero-order valence-corrected chi connectivity index (χ0v) is 74.4. The Bertz CT molecular complexity index is 7880. The van der Waals surface area contributed by atoms with E-state index in [4.69, 9.17) is 26.7 Å². The number of nitrogens with two attached hydrogens (primary N) is 3. The normalized spacial score (nSPS) is 11.6. The van der Waals surface area contributed by atoms with Gasteiger partial charge in [-0.1, -0.05) is 68.4 Å². The summed E-state index contributed by atoms with van der Waals surface area (Å²) < 4.78 is 49.0. The summed E-state index contributed by atoms with van der Waals surface area (Å²) in [7, 11) is 0. The lowest BCUT2D eigenvalue weighted by Gasteiger charge is -2.16. The fourth-order valence-corrected chi connectivity index (χ4v) is 16.2. The second-order valence-electron chi connectivity index (χ2n) is 32.3. The van der Waals surface area contributed by atoms with Crippen molar-refractivity contribution in [1.29, 1.82) is 0 Å². The Labute approximate surface area is 757 Å². The number of nitrogens with zero attached hydrogens (tertiary/aromatic N) is 14. The van der Waals surface area contributed by atoms with Crippen LogP contribution >= 0.6 is 0 Å². The average Bonchev–Trinajstić information content (AvgIpc) is 1.69. The van der Waals surface area contributed by atoms with Crippen molar-refractivity contribution in [3.05, 3.63) is 315 Å². The quantitative estimate of drug-likeness (QED) is 0.0254. The number of aryl methyl sites for hydroxylation is 8. The lowest BCUT2D eigenvalue weighted by atomic mass is 10.1. The lowest BCUT2D eigenvalue weighted by Crippen LogP contribution is -2.34. The number of rotatable bonds is 24. The van der Waals surface area contributed by atoms with Crippen LogP contribution in [0.2, 0.25) is 0 Å². The highest BCUT2D eigenvalue weighted by Gasteiger charge is 2.26. The molecule has 133 heavy (non-hydrogen) atoms. The number of hydrogen-bond donors (Lipinski definition) is 9. The molecule has 0 aliphatic heterocycles. The molecule has 6 aromatic carbocycles. The number of carbonyl (C=O) groups excluding carboxylic acids is 3. The molecule has 19 aromatic rings. The Morgan fingerprint density at radius 1 is 0.429 bits per heavy atom. The molecular formula is C98H99F2N23O10. The van der Waals surface area contributed by atoms with Gasteiger partial charge in [-0.25, -0.2) is 13.5 Å². The summed E-state index contributed by atoms with van der Waals surface area (Å²) in [4.78, 5) is 114. The van der Waals surface area contributed by atoms with Gasteiger partial charge in [0.25, 0.3) is 39.6 Å². The number of ether oxygens (including phenoxy) is 2. The van der Waals surface area contributed by atoms with Gasteiger partial charge in [0.1, 0.15) is 52.4 Å². The molecule has 2 amide bonds. The van der Waals surface area contributed by atoms with Crippen LogP contribution in [0.5, 0.6) is 11.5 Å². The van der Waals surface area contributed by atoms with E-state index in [0.29, 0.717) is 177 Å². The van der Waals surface area contributed by atoms with Gasteiger partial charge in [0, 0.05) is 168 Å². The van der Waals surface area contributed by atoms with E-state index in [-0.39, 0.29) is 82.2 Å². The monoisotopic (exact) mass is 1800 g/mol. The van der Waals surface area contributed by atoms with Crippen LogP contribution in [0.3, 0.4) is 0 Å². The summed E-state index contributed by atoms with van der Waals surface area (Å²) in [5.41, 5.74) is 29.6. The van der Waals surface area contributed by atoms with Crippen LogP contribution in [0.1, 0.15) is 105 Å². The number of fused-ring (bicyclic) bond motifs is 15. The van der Waals surface area contributed by atoms with E-state index in [1.165, 1.54) is 41.1 Å². The van der Waals surface area contributed by atoms with Gasteiger partial charge in [0.2, 0.25) is 5.91 Å². The van der Waals surface area contributed by atoms with E-state index in [1.807, 2.05) is 145 Å². The summed E-state index contributed by atoms with van der Waals surface area (Å²) in [6.45, 7) is 19.1. The van der Waals surface area contributed by atoms with E-state index in [2.05, 4.69) is 71.5 Å². The first kappa shape index (κ1) is 91.9. The number of aromatic nitrogens is 18. The molecule has 0 radical (unpaired) electrons.